The van der Waals surface area contributed by atoms with Gasteiger partial charge in [0.15, 0.2) is 0 Å². The molecular formula is C52H76N4O10. The summed E-state index contributed by atoms with van der Waals surface area (Å²) in [6, 6.07) is 0. The van der Waals surface area contributed by atoms with Gasteiger partial charge < -0.3 is 39.3 Å². The second kappa shape index (κ2) is 18.4. The second-order valence-electron chi connectivity index (χ2n) is 23.4. The van der Waals surface area contributed by atoms with Crippen LogP contribution in [0.5, 0.6) is 0 Å². The fraction of sp³-hybridized carbons (Fsp3) is 0.846. The van der Waals surface area contributed by atoms with E-state index in [-0.39, 0.29) is 57.9 Å². The van der Waals surface area contributed by atoms with E-state index in [1.807, 2.05) is 0 Å². The molecule has 2 aliphatic heterocycles. The largest absolute Gasteiger partial charge is 0.477 e. The van der Waals surface area contributed by atoms with Crippen LogP contribution in [0.3, 0.4) is 0 Å². The van der Waals surface area contributed by atoms with Crippen molar-refractivity contribution >= 4 is 36.3 Å². The van der Waals surface area contributed by atoms with Crippen LogP contribution in [0, 0.1) is 69.0 Å². The van der Waals surface area contributed by atoms with Gasteiger partial charge in [0.1, 0.15) is 48.2 Å². The highest BCUT2D eigenvalue weighted by atomic mass is 16.7. The number of hydrogen-bond acceptors (Lipinski definition) is 14. The maximum absolute atomic E-state index is 14.1. The highest BCUT2D eigenvalue weighted by molar-refractivity contribution is 5.92. The van der Waals surface area contributed by atoms with E-state index >= 15 is 0 Å². The minimum Gasteiger partial charge on any atom is -0.477 e. The first kappa shape index (κ1) is 46.2. The molecule has 6 unspecified atom stereocenters. The Morgan fingerprint density at radius 1 is 0.545 bits per heavy atom. The first-order chi connectivity index (χ1) is 31.8. The van der Waals surface area contributed by atoms with Gasteiger partial charge >= 0.3 is 11.9 Å². The fourth-order valence-corrected chi connectivity index (χ4v) is 17.0. The molecule has 14 heteroatoms. The van der Waals surface area contributed by atoms with Crippen molar-refractivity contribution in [3.63, 3.8) is 0 Å². The first-order valence-electron chi connectivity index (χ1n) is 26.0. The molecule has 0 aromatic rings. The van der Waals surface area contributed by atoms with Gasteiger partial charge in [-0.15, -0.1) is 0 Å². The normalized spacial score (nSPS) is 47.4. The molecule has 2 heterocycles. The average molecular weight is 917 g/mol. The van der Waals surface area contributed by atoms with Gasteiger partial charge in [-0.2, -0.15) is 0 Å². The van der Waals surface area contributed by atoms with E-state index in [0.717, 1.165) is 116 Å². The number of ether oxygens (including phenoxy) is 4. The molecule has 0 spiro atoms. The third-order valence-electron chi connectivity index (χ3n) is 20.7. The van der Waals surface area contributed by atoms with Crippen LogP contribution in [0.15, 0.2) is 22.5 Å². The highest BCUT2D eigenvalue weighted by Gasteiger charge is 2.65. The summed E-state index contributed by atoms with van der Waals surface area (Å²) in [5.74, 6) is 2.34. The third-order valence-corrected chi connectivity index (χ3v) is 20.7. The maximum atomic E-state index is 14.1. The summed E-state index contributed by atoms with van der Waals surface area (Å²) >= 11 is 0. The minimum absolute atomic E-state index is 0.0271. The molecule has 2 saturated heterocycles. The summed E-state index contributed by atoms with van der Waals surface area (Å²) in [5, 5.41) is 14.9. The molecule has 18 atom stereocenters. The lowest BCUT2D eigenvalue weighted by Gasteiger charge is -2.61. The lowest BCUT2D eigenvalue weighted by atomic mass is 9.44. The number of fused-ring (bicyclic) bond motifs is 10. The molecule has 10 rings (SSSR count). The topological polar surface area (TPSA) is 172 Å². The van der Waals surface area contributed by atoms with Crippen molar-refractivity contribution in [3.05, 3.63) is 12.2 Å². The van der Waals surface area contributed by atoms with Gasteiger partial charge in [0.25, 0.3) is 0 Å². The second-order valence-corrected chi connectivity index (χ2v) is 23.4. The van der Waals surface area contributed by atoms with Crippen LogP contribution in [-0.4, -0.2) is 99.1 Å². The number of hydrogen-bond donors (Lipinski definition) is 2. The van der Waals surface area contributed by atoms with Crippen molar-refractivity contribution in [3.8, 4) is 0 Å². The zero-order chi connectivity index (χ0) is 45.8. The number of Topliss-reactive ketones (excluding diaryl/α,β-unsaturated/α-hetero) is 2. The van der Waals surface area contributed by atoms with Crippen molar-refractivity contribution in [1.29, 1.82) is 0 Å². The summed E-state index contributed by atoms with van der Waals surface area (Å²) in [7, 11) is 0. The standard InChI is InChI=1S/C52H76N4O10/c1-49-19-15-41-37(39(49)9-11-43(49)57)7-5-31-23-35(61-29-55-65-33-17-21-53-27-33)25-45(51(31,41)3)63-47(59)13-14-48(60)64-46-26-36(62-30-56-66-34-18-22-54-28-34)24-32-6-8-38-40-10-12-44(58)50(40,2)20-16-42(38)52(32,46)4/h13-14,29-42,45-46,53-54H,5-12,15-28H2,1-4H3/b14-13+,55-29?,56-30?/t31?,32?,33-,34-,35?,36?,37+,38+,39+,40+,41-,42-,45?,46?,49+,50+,51+,52+/m1/s1. The predicted octanol–water partition coefficient (Wildman–Crippen LogP) is 7.22. The van der Waals surface area contributed by atoms with E-state index in [0.29, 0.717) is 72.8 Å². The number of carbonyl (C=O) groups is 4. The molecule has 0 amide bonds. The molecule has 0 aromatic carbocycles. The Bertz CT molecular complexity index is 1800. The molecule has 10 aliphatic rings. The Kier molecular flexibility index (Phi) is 12.9. The molecular weight excluding hydrogens is 841 g/mol. The van der Waals surface area contributed by atoms with E-state index in [1.54, 1.807) is 0 Å². The number of esters is 2. The van der Waals surface area contributed by atoms with Crippen molar-refractivity contribution in [2.24, 2.45) is 79.3 Å². The van der Waals surface area contributed by atoms with Gasteiger partial charge in [-0.3, -0.25) is 9.59 Å². The Hall–Kier alpha value is -3.52. The lowest BCUT2D eigenvalue weighted by molar-refractivity contribution is -0.198. The van der Waals surface area contributed by atoms with Crippen molar-refractivity contribution in [1.82, 2.24) is 10.6 Å². The Morgan fingerprint density at radius 2 is 0.985 bits per heavy atom. The van der Waals surface area contributed by atoms with Crippen LogP contribution in [-0.2, 0) is 47.8 Å². The van der Waals surface area contributed by atoms with E-state index in [4.69, 9.17) is 28.6 Å². The number of oxime groups is 2. The van der Waals surface area contributed by atoms with Crippen molar-refractivity contribution in [2.75, 3.05) is 26.2 Å². The van der Waals surface area contributed by atoms with Gasteiger partial charge in [0, 0.05) is 85.4 Å². The van der Waals surface area contributed by atoms with Crippen LogP contribution in [0.1, 0.15) is 143 Å². The van der Waals surface area contributed by atoms with E-state index < -0.39 is 24.1 Å². The van der Waals surface area contributed by atoms with Gasteiger partial charge in [-0.25, -0.2) is 9.59 Å². The minimum atomic E-state index is -0.570. The third kappa shape index (κ3) is 8.21. The molecule has 10 fully saturated rings. The predicted molar refractivity (Wildman–Crippen MR) is 245 cm³/mol. The van der Waals surface area contributed by atoms with Crippen LogP contribution in [0.2, 0.25) is 0 Å². The van der Waals surface area contributed by atoms with E-state index in [1.165, 1.54) is 25.0 Å². The Balaban J connectivity index is 0.848. The molecule has 2 N–H and O–H groups in total. The smallest absolute Gasteiger partial charge is 0.331 e. The van der Waals surface area contributed by atoms with Gasteiger partial charge in [0.05, 0.1) is 0 Å². The first-order valence-corrected chi connectivity index (χ1v) is 26.0. The molecule has 14 nitrogen and oxygen atoms in total. The summed E-state index contributed by atoms with van der Waals surface area (Å²) in [6.07, 6.45) is 19.4. The zero-order valence-corrected chi connectivity index (χ0v) is 39.9. The summed E-state index contributed by atoms with van der Waals surface area (Å²) in [4.78, 5) is 65.9. The van der Waals surface area contributed by atoms with Crippen molar-refractivity contribution in [2.45, 2.75) is 180 Å². The van der Waals surface area contributed by atoms with E-state index in [2.05, 4.69) is 48.6 Å². The molecule has 66 heavy (non-hydrogen) atoms. The number of carbonyl (C=O) groups excluding carboxylic acids is 4. The van der Waals surface area contributed by atoms with Crippen LogP contribution >= 0.6 is 0 Å². The van der Waals surface area contributed by atoms with Crippen LogP contribution < -0.4 is 10.6 Å². The molecule has 0 radical (unpaired) electrons. The Morgan fingerprint density at radius 3 is 1.39 bits per heavy atom. The summed E-state index contributed by atoms with van der Waals surface area (Å²) in [6.45, 7) is 12.4. The monoisotopic (exact) mass is 917 g/mol. The lowest BCUT2D eigenvalue weighted by Crippen LogP contribution is -2.60. The molecule has 364 valence electrons. The number of rotatable bonds is 12. The summed E-state index contributed by atoms with van der Waals surface area (Å²) < 4.78 is 25.5. The Labute approximate surface area is 391 Å². The SMILES string of the molecule is C[C@]12C(CC[C@@H]3[C@H]1CC[C@]1(C)C(=O)CC[C@@H]31)CC(OC=NO[C@@H]1CCNC1)CC2OC(=O)/C=C/C(=O)OC1CC(OC=NO[C@@H]2CCNC2)CC2CC[C@@H]3[C@@H](CC[C@]4(C)C(=O)CC[C@@H]34)[C@]21C. The van der Waals surface area contributed by atoms with Gasteiger partial charge in [0.2, 0.25) is 12.8 Å². The maximum Gasteiger partial charge on any atom is 0.331 e. The van der Waals surface area contributed by atoms with Crippen molar-refractivity contribution < 1.29 is 47.8 Å². The number of nitrogens with zero attached hydrogens (tertiary/aromatic N) is 2. The molecule has 0 aromatic heterocycles. The number of nitrogens with one attached hydrogen (secondary N) is 2. The molecule has 8 saturated carbocycles. The van der Waals surface area contributed by atoms with Crippen LogP contribution in [0.4, 0.5) is 0 Å². The van der Waals surface area contributed by atoms with E-state index in [9.17, 15) is 19.2 Å². The molecule has 8 aliphatic carbocycles. The highest BCUT2D eigenvalue weighted by Crippen LogP contribution is 2.68. The average Bonchev–Trinajstić information content (AvgIpc) is 4.13. The number of ketones is 2. The van der Waals surface area contributed by atoms with Crippen LogP contribution in [0.25, 0.3) is 0 Å². The quantitative estimate of drug-likeness (QED) is 0.0663. The fourth-order valence-electron chi connectivity index (χ4n) is 17.0. The summed E-state index contributed by atoms with van der Waals surface area (Å²) in [5.41, 5.74) is -1.15. The van der Waals surface area contributed by atoms with Gasteiger partial charge in [-0.1, -0.05) is 38.0 Å². The van der Waals surface area contributed by atoms with Gasteiger partial charge in [-0.05, 0) is 137 Å². The molecule has 0 bridgehead atoms. The zero-order valence-electron chi connectivity index (χ0n) is 39.9.